The minimum absolute atomic E-state index is 0.386. The van der Waals surface area contributed by atoms with Crippen LogP contribution in [0.1, 0.15) is 13.8 Å². The molecule has 0 aliphatic carbocycles. The molecule has 0 aliphatic rings. The Balaban J connectivity index is -0.000000677. The number of aliphatic hydroxyl groups excluding tert-OH is 1. The number of allylic oxidation sites excluding steroid dienone is 1. The molecular weight excluding hydrogens is 722 g/mol. The maximum Gasteiger partial charge on any atom is 0.527 e. The maximum absolute atomic E-state index is 12.8. The van der Waals surface area contributed by atoms with Crippen LogP contribution < -0.4 is 0 Å². The van der Waals surface area contributed by atoms with Crippen molar-refractivity contribution >= 4 is 22.8 Å². The Hall–Kier alpha value is -2.55. The van der Waals surface area contributed by atoms with Gasteiger partial charge in [-0.3, -0.25) is 4.79 Å². The lowest BCUT2D eigenvalue weighted by molar-refractivity contribution is -0.530. The van der Waals surface area contributed by atoms with Crippen molar-refractivity contribution < 1.29 is 117 Å². The third kappa shape index (κ3) is 20.2. The highest BCUT2D eigenvalue weighted by molar-refractivity contribution is 6.67. The van der Waals surface area contributed by atoms with E-state index >= 15 is 0 Å². The van der Waals surface area contributed by atoms with Gasteiger partial charge in [-0.25, -0.2) is 23.7 Å². The van der Waals surface area contributed by atoms with E-state index in [1.807, 2.05) is 0 Å². The average molecular weight is 737 g/mol. The minimum atomic E-state index is -6.45. The fourth-order valence-corrected chi connectivity index (χ4v) is 1.24. The molecule has 0 aromatic carbocycles. The van der Waals surface area contributed by atoms with Gasteiger partial charge in [0, 0.05) is 11.1 Å². The summed E-state index contributed by atoms with van der Waals surface area (Å²) in [6.07, 6.45) is -48.4. The van der Waals surface area contributed by atoms with Gasteiger partial charge in [0.05, 0.1) is 0 Å². The van der Waals surface area contributed by atoms with Crippen LogP contribution >= 0.6 is 11.6 Å². The molecule has 0 spiro atoms. The highest BCUT2D eigenvalue weighted by Crippen LogP contribution is 2.44. The number of carbonyl (C=O) groups excluding carboxylic acids is 2. The number of aliphatic hydroxyl groups is 1. The molecule has 1 N–H and O–H groups in total. The second-order valence-electron chi connectivity index (χ2n) is 7.21. The van der Waals surface area contributed by atoms with E-state index in [4.69, 9.17) is 16.7 Å². The molecule has 27 heteroatoms. The monoisotopic (exact) mass is 736 g/mol. The largest absolute Gasteiger partial charge is 0.527 e. The van der Waals surface area contributed by atoms with Crippen molar-refractivity contribution in [2.45, 2.75) is 63.2 Å². The molecule has 8 nitrogen and oxygen atoms in total. The van der Waals surface area contributed by atoms with E-state index in [0.29, 0.717) is 5.57 Å². The summed E-state index contributed by atoms with van der Waals surface area (Å²) >= 11 is 4.87. The summed E-state index contributed by atoms with van der Waals surface area (Å²) in [4.78, 5) is 20.5. The van der Waals surface area contributed by atoms with Crippen LogP contribution in [0, 0.1) is 0 Å². The summed E-state index contributed by atoms with van der Waals surface area (Å²) < 4.78 is 228. The molecule has 0 saturated heterocycles. The van der Waals surface area contributed by atoms with E-state index < -0.39 is 79.4 Å². The van der Waals surface area contributed by atoms with E-state index in [1.54, 1.807) is 16.4 Å². The molecule has 0 bridgehead atoms. The molecule has 268 valence electrons. The molecule has 0 fully saturated rings. The zero-order valence-electron chi connectivity index (χ0n) is 21.3. The highest BCUT2D eigenvalue weighted by atomic mass is 35.5. The predicted molar refractivity (Wildman–Crippen MR) is 105 cm³/mol. The molecule has 0 unspecified atom stereocenters. The van der Waals surface area contributed by atoms with Crippen molar-refractivity contribution in [2.75, 3.05) is 13.2 Å². The number of hydrogen-bond donors (Lipinski definition) is 1. The highest BCUT2D eigenvalue weighted by Gasteiger charge is 2.69. The van der Waals surface area contributed by atoms with E-state index in [1.165, 1.54) is 0 Å². The molecule has 0 rings (SSSR count). The summed E-state index contributed by atoms with van der Waals surface area (Å²) in [5.41, 5.74) is -0.0510. The number of ether oxygens (including phenoxy) is 5. The van der Waals surface area contributed by atoms with Gasteiger partial charge in [0.2, 0.25) is 5.24 Å². The maximum atomic E-state index is 12.8. The number of alkyl halides is 18. The smallest absolute Gasteiger partial charge is 0.453 e. The van der Waals surface area contributed by atoms with Gasteiger partial charge in [0.25, 0.3) is 0 Å². The molecular formula is C18H15ClF18O8. The second-order valence-corrected chi connectivity index (χ2v) is 7.55. The summed E-state index contributed by atoms with van der Waals surface area (Å²) in [7, 11) is 0. The Bertz CT molecular complexity index is 998. The van der Waals surface area contributed by atoms with E-state index in [0.717, 1.165) is 6.92 Å². The standard InChI is InChI=1S/C9H7F9O4.C5H3F9O3.C4H5ClO/c1-4(2)5(19)20-3-6(10,11)21-7(12,13)8(14,15)22-9(16,17)18;6-2(7,1-15)16-3(8,9)4(10,11)17-5(12,13)14;1-3(2)4(5)6/h1,3H2,2H3;15H,1H2;1H2,2H3. The Kier molecular flexibility index (Phi) is 17.0. The summed E-state index contributed by atoms with van der Waals surface area (Å²) in [5, 5.41) is 7.28. The lowest BCUT2D eigenvalue weighted by Crippen LogP contribution is -2.52. The summed E-state index contributed by atoms with van der Waals surface area (Å²) in [5.74, 6) is -1.50. The second kappa shape index (κ2) is 16.3. The van der Waals surface area contributed by atoms with Crippen LogP contribution in [0.15, 0.2) is 24.3 Å². The van der Waals surface area contributed by atoms with Gasteiger partial charge in [-0.2, -0.15) is 52.7 Å². The third-order valence-electron chi connectivity index (χ3n) is 2.96. The molecule has 45 heavy (non-hydrogen) atoms. The van der Waals surface area contributed by atoms with Crippen molar-refractivity contribution in [3.8, 4) is 0 Å². The predicted octanol–water partition coefficient (Wildman–Crippen LogP) is 7.08. The van der Waals surface area contributed by atoms with Crippen molar-refractivity contribution in [3.63, 3.8) is 0 Å². The molecule has 0 aromatic heterocycles. The third-order valence-corrected chi connectivity index (χ3v) is 3.28. The van der Waals surface area contributed by atoms with Gasteiger partial charge in [0.1, 0.15) is 6.61 Å². The Morgan fingerprint density at radius 1 is 0.578 bits per heavy atom. The molecule has 0 amide bonds. The van der Waals surface area contributed by atoms with Crippen molar-refractivity contribution in [1.82, 2.24) is 0 Å². The zero-order valence-corrected chi connectivity index (χ0v) is 22.1. The Morgan fingerprint density at radius 2 is 0.844 bits per heavy atom. The fraction of sp³-hybridized carbons (Fsp3) is 0.667. The molecule has 0 saturated carbocycles. The van der Waals surface area contributed by atoms with Gasteiger partial charge < -0.3 is 9.84 Å². The normalized spacial score (nSPS) is 13.6. The number of rotatable bonds is 13. The van der Waals surface area contributed by atoms with Crippen LogP contribution in [0.25, 0.3) is 0 Å². The van der Waals surface area contributed by atoms with Gasteiger partial charge in [-0.15, -0.1) is 26.3 Å². The van der Waals surface area contributed by atoms with E-state index in [9.17, 15) is 88.6 Å². The first kappa shape index (κ1) is 46.9. The first-order valence-electron chi connectivity index (χ1n) is 9.86. The van der Waals surface area contributed by atoms with Gasteiger partial charge >= 0.3 is 55.3 Å². The van der Waals surface area contributed by atoms with Crippen LogP contribution in [-0.2, 0) is 33.3 Å². The SMILES string of the molecule is C=C(C)C(=O)Cl.C=C(C)C(=O)OCC(F)(F)OC(F)(F)C(F)(F)OC(F)(F)F.OCC(F)(F)OC(F)(F)C(F)(F)OC(F)(F)F. The fourth-order valence-electron chi connectivity index (χ4n) is 1.24. The van der Waals surface area contributed by atoms with Crippen LogP contribution in [0.5, 0.6) is 0 Å². The number of halogens is 19. The Labute approximate surface area is 242 Å². The van der Waals surface area contributed by atoms with Gasteiger partial charge in [-0.1, -0.05) is 13.2 Å². The first-order chi connectivity index (χ1) is 19.4. The van der Waals surface area contributed by atoms with Crippen molar-refractivity contribution in [1.29, 1.82) is 0 Å². The number of esters is 1. The van der Waals surface area contributed by atoms with E-state index in [2.05, 4.69) is 27.4 Å². The van der Waals surface area contributed by atoms with Gasteiger partial charge in [0.15, 0.2) is 6.61 Å². The molecule has 0 atom stereocenters. The van der Waals surface area contributed by atoms with E-state index in [-0.39, 0.29) is 0 Å². The lowest BCUT2D eigenvalue weighted by Gasteiger charge is -2.29. The number of carbonyl (C=O) groups is 2. The quantitative estimate of drug-likeness (QED) is 0.0928. The molecule has 0 aromatic rings. The van der Waals surface area contributed by atoms with Crippen LogP contribution in [0.4, 0.5) is 79.0 Å². The first-order valence-corrected chi connectivity index (χ1v) is 10.2. The molecule has 0 radical (unpaired) electrons. The average Bonchev–Trinajstić information content (AvgIpc) is 2.73. The molecule has 0 heterocycles. The topological polar surface area (TPSA) is 101 Å². The summed E-state index contributed by atoms with van der Waals surface area (Å²) in [6, 6.07) is 0. The van der Waals surface area contributed by atoms with Crippen LogP contribution in [-0.4, -0.2) is 78.9 Å². The molecule has 0 aliphatic heterocycles. The summed E-state index contributed by atoms with van der Waals surface area (Å²) in [6.45, 7) is 4.05. The number of hydrogen-bond acceptors (Lipinski definition) is 8. The van der Waals surface area contributed by atoms with Crippen LogP contribution in [0.2, 0.25) is 0 Å². The zero-order chi connectivity index (χ0) is 37.3. The minimum Gasteiger partial charge on any atom is -0.453 e. The van der Waals surface area contributed by atoms with Gasteiger partial charge in [-0.05, 0) is 25.4 Å². The lowest BCUT2D eigenvalue weighted by atomic mass is 10.4. The van der Waals surface area contributed by atoms with Crippen molar-refractivity contribution in [3.05, 3.63) is 24.3 Å². The Morgan fingerprint density at radius 3 is 1.07 bits per heavy atom. The van der Waals surface area contributed by atoms with Crippen molar-refractivity contribution in [2.24, 2.45) is 0 Å². The van der Waals surface area contributed by atoms with Crippen LogP contribution in [0.3, 0.4) is 0 Å².